The molecule has 1 amide bonds. The molecule has 0 radical (unpaired) electrons. The van der Waals surface area contributed by atoms with Crippen LogP contribution >= 0.6 is 0 Å². The predicted octanol–water partition coefficient (Wildman–Crippen LogP) is -1.07. The first-order valence-electron chi connectivity index (χ1n) is 4.36. The van der Waals surface area contributed by atoms with E-state index in [2.05, 4.69) is 4.98 Å². The Balaban J connectivity index is 2.80. The van der Waals surface area contributed by atoms with Gasteiger partial charge in [0.05, 0.1) is 24.4 Å². The molecule has 0 aliphatic carbocycles. The number of rotatable bonds is 4. The van der Waals surface area contributed by atoms with Gasteiger partial charge in [0.1, 0.15) is 6.10 Å². The van der Waals surface area contributed by atoms with Crippen molar-refractivity contribution < 1.29 is 15.0 Å². The highest BCUT2D eigenvalue weighted by molar-refractivity contribution is 5.74. The molecule has 0 saturated heterocycles. The Morgan fingerprint density at radius 1 is 1.53 bits per heavy atom. The van der Waals surface area contributed by atoms with Gasteiger partial charge in [-0.2, -0.15) is 0 Å². The average Bonchev–Trinajstić information content (AvgIpc) is 2.16. The van der Waals surface area contributed by atoms with Crippen LogP contribution in [-0.2, 0) is 4.79 Å². The Hall–Kier alpha value is -1.66. The van der Waals surface area contributed by atoms with E-state index >= 15 is 0 Å². The first kappa shape index (κ1) is 11.4. The third kappa shape index (κ3) is 2.90. The van der Waals surface area contributed by atoms with Gasteiger partial charge in [0, 0.05) is 11.8 Å². The monoisotopic (exact) mass is 211 g/mol. The number of amides is 1. The average molecular weight is 211 g/mol. The zero-order chi connectivity index (χ0) is 11.4. The van der Waals surface area contributed by atoms with Crippen LogP contribution in [0, 0.1) is 0 Å². The zero-order valence-electron chi connectivity index (χ0n) is 8.00. The van der Waals surface area contributed by atoms with Crippen LogP contribution in [0.5, 0.6) is 0 Å². The molecular weight excluding hydrogens is 198 g/mol. The maximum absolute atomic E-state index is 10.5. The highest BCUT2D eigenvalue weighted by Crippen LogP contribution is 2.23. The number of hydrogen-bond donors (Lipinski definition) is 4. The van der Waals surface area contributed by atoms with E-state index in [0.29, 0.717) is 5.56 Å². The summed E-state index contributed by atoms with van der Waals surface area (Å²) >= 11 is 0. The summed E-state index contributed by atoms with van der Waals surface area (Å²) in [5.41, 5.74) is 11.0. The molecule has 0 bridgehead atoms. The van der Waals surface area contributed by atoms with Crippen molar-refractivity contribution in [2.45, 2.75) is 18.6 Å². The van der Waals surface area contributed by atoms with E-state index < -0.39 is 18.1 Å². The Bertz CT molecular complexity index is 356. The van der Waals surface area contributed by atoms with Crippen molar-refractivity contribution in [2.24, 2.45) is 5.73 Å². The van der Waals surface area contributed by atoms with Crippen molar-refractivity contribution in [2.75, 3.05) is 5.73 Å². The molecule has 0 saturated carbocycles. The van der Waals surface area contributed by atoms with E-state index in [1.54, 1.807) is 0 Å². The Morgan fingerprint density at radius 2 is 2.20 bits per heavy atom. The van der Waals surface area contributed by atoms with E-state index in [4.69, 9.17) is 11.5 Å². The zero-order valence-corrected chi connectivity index (χ0v) is 8.00. The molecule has 0 aliphatic rings. The van der Waals surface area contributed by atoms with Crippen LogP contribution in [0.4, 0.5) is 5.69 Å². The smallest absolute Gasteiger partial charge is 0.220 e. The summed E-state index contributed by atoms with van der Waals surface area (Å²) in [6, 6.07) is 1.48. The number of primary amides is 1. The van der Waals surface area contributed by atoms with E-state index in [1.807, 2.05) is 0 Å². The number of aliphatic hydroxyl groups excluding tert-OH is 2. The third-order valence-corrected chi connectivity index (χ3v) is 1.98. The van der Waals surface area contributed by atoms with Crippen LogP contribution in [-0.4, -0.2) is 27.2 Å². The molecule has 6 N–H and O–H groups in total. The van der Waals surface area contributed by atoms with Crippen molar-refractivity contribution in [3.63, 3.8) is 0 Å². The van der Waals surface area contributed by atoms with Crippen molar-refractivity contribution >= 4 is 11.6 Å². The number of aromatic nitrogens is 1. The number of hydrogen-bond acceptors (Lipinski definition) is 5. The van der Waals surface area contributed by atoms with E-state index in [-0.39, 0.29) is 12.1 Å². The molecule has 0 spiro atoms. The highest BCUT2D eigenvalue weighted by Gasteiger charge is 2.21. The molecule has 1 rings (SSSR count). The van der Waals surface area contributed by atoms with Gasteiger partial charge in [0.25, 0.3) is 0 Å². The largest absolute Gasteiger partial charge is 0.397 e. The maximum Gasteiger partial charge on any atom is 0.220 e. The van der Waals surface area contributed by atoms with Crippen LogP contribution in [0.3, 0.4) is 0 Å². The lowest BCUT2D eigenvalue weighted by molar-refractivity contribution is -0.121. The summed E-state index contributed by atoms with van der Waals surface area (Å²) in [6.07, 6.45) is -0.0163. The van der Waals surface area contributed by atoms with E-state index in [9.17, 15) is 15.0 Å². The van der Waals surface area contributed by atoms with Gasteiger partial charge >= 0.3 is 0 Å². The van der Waals surface area contributed by atoms with Gasteiger partial charge in [-0.1, -0.05) is 0 Å². The third-order valence-electron chi connectivity index (χ3n) is 1.98. The second-order valence-corrected chi connectivity index (χ2v) is 3.19. The fraction of sp³-hybridized carbons (Fsp3) is 0.333. The summed E-state index contributed by atoms with van der Waals surface area (Å²) in [7, 11) is 0. The summed E-state index contributed by atoms with van der Waals surface area (Å²) in [4.78, 5) is 14.3. The van der Waals surface area contributed by atoms with Crippen molar-refractivity contribution in [1.82, 2.24) is 4.98 Å². The van der Waals surface area contributed by atoms with Crippen LogP contribution in [0.2, 0.25) is 0 Å². The normalized spacial score (nSPS) is 14.5. The van der Waals surface area contributed by atoms with Crippen molar-refractivity contribution in [3.8, 4) is 0 Å². The van der Waals surface area contributed by atoms with Crippen molar-refractivity contribution in [1.29, 1.82) is 0 Å². The minimum absolute atomic E-state index is 0.258. The van der Waals surface area contributed by atoms with Gasteiger partial charge in [0.15, 0.2) is 0 Å². The summed E-state index contributed by atoms with van der Waals surface area (Å²) in [5, 5.41) is 19.1. The second-order valence-electron chi connectivity index (χ2n) is 3.19. The summed E-state index contributed by atoms with van der Waals surface area (Å²) < 4.78 is 0. The predicted molar refractivity (Wildman–Crippen MR) is 53.4 cm³/mol. The Labute approximate surface area is 86.5 Å². The molecular formula is C9H13N3O3. The molecule has 0 aromatic carbocycles. The SMILES string of the molecule is NC(=O)CC(O)C(O)c1ccncc1N. The first-order valence-corrected chi connectivity index (χ1v) is 4.36. The number of nitrogen functional groups attached to an aromatic ring is 1. The molecule has 15 heavy (non-hydrogen) atoms. The molecule has 82 valence electrons. The summed E-state index contributed by atoms with van der Waals surface area (Å²) in [6.45, 7) is 0. The number of pyridine rings is 1. The van der Waals surface area contributed by atoms with Gasteiger partial charge in [-0.05, 0) is 6.07 Å². The number of aliphatic hydroxyl groups is 2. The summed E-state index contributed by atoms with van der Waals surface area (Å²) in [5.74, 6) is -0.686. The number of nitrogens with zero attached hydrogens (tertiary/aromatic N) is 1. The Morgan fingerprint density at radius 3 is 2.73 bits per heavy atom. The van der Waals surface area contributed by atoms with Gasteiger partial charge in [-0.25, -0.2) is 0 Å². The minimum atomic E-state index is -1.26. The molecule has 2 unspecified atom stereocenters. The molecule has 2 atom stereocenters. The van der Waals surface area contributed by atoms with Gasteiger partial charge < -0.3 is 21.7 Å². The second kappa shape index (κ2) is 4.72. The van der Waals surface area contributed by atoms with Gasteiger partial charge in [0.2, 0.25) is 5.91 Å². The highest BCUT2D eigenvalue weighted by atomic mass is 16.3. The number of nitrogens with two attached hydrogens (primary N) is 2. The lowest BCUT2D eigenvalue weighted by Crippen LogP contribution is -2.26. The van der Waals surface area contributed by atoms with Crippen LogP contribution < -0.4 is 11.5 Å². The minimum Gasteiger partial charge on any atom is -0.397 e. The van der Waals surface area contributed by atoms with Gasteiger partial charge in [-0.15, -0.1) is 0 Å². The van der Waals surface area contributed by atoms with E-state index in [1.165, 1.54) is 18.5 Å². The van der Waals surface area contributed by atoms with Crippen molar-refractivity contribution in [3.05, 3.63) is 24.0 Å². The topological polar surface area (TPSA) is 122 Å². The van der Waals surface area contributed by atoms with Crippen LogP contribution in [0.1, 0.15) is 18.1 Å². The quantitative estimate of drug-likeness (QED) is 0.505. The fourth-order valence-corrected chi connectivity index (χ4v) is 1.21. The number of carbonyl (C=O) groups excluding carboxylic acids is 1. The maximum atomic E-state index is 10.5. The molecule has 0 fully saturated rings. The van der Waals surface area contributed by atoms with Crippen LogP contribution in [0.25, 0.3) is 0 Å². The molecule has 1 heterocycles. The lowest BCUT2D eigenvalue weighted by Gasteiger charge is -2.17. The first-order chi connectivity index (χ1) is 7.02. The van der Waals surface area contributed by atoms with E-state index in [0.717, 1.165) is 0 Å². The molecule has 0 aliphatic heterocycles. The standard InChI is InChI=1S/C9H13N3O3/c10-6-4-12-2-1-5(6)9(15)7(13)3-8(11)14/h1-2,4,7,9,13,15H,3,10H2,(H2,11,14). The molecule has 1 aromatic rings. The fourth-order valence-electron chi connectivity index (χ4n) is 1.21. The molecule has 6 nitrogen and oxygen atoms in total. The number of anilines is 1. The molecule has 6 heteroatoms. The van der Waals surface area contributed by atoms with Crippen LogP contribution in [0.15, 0.2) is 18.5 Å². The Kier molecular flexibility index (Phi) is 3.59. The van der Waals surface area contributed by atoms with Gasteiger partial charge in [-0.3, -0.25) is 9.78 Å². The number of carbonyl (C=O) groups is 1. The lowest BCUT2D eigenvalue weighted by atomic mass is 10.0. The molecule has 1 aromatic heterocycles.